The summed E-state index contributed by atoms with van der Waals surface area (Å²) in [4.78, 5) is 17.7. The molecule has 0 atom stereocenters. The maximum Gasteiger partial charge on any atom is 0.182 e. The number of nitrogens with one attached hydrogen (secondary N) is 1. The second-order valence-electron chi connectivity index (χ2n) is 5.07. The average molecular weight is 339 g/mol. The standard InChI is InChI=1S/C19H17NOS2/c21-17-11-15(13-22-18-7-3-1-4-8-18)20-16(12-17)14-23-19-9-5-2-6-10-19/h1-12H,13-14H2,(H,20,21). The van der Waals surface area contributed by atoms with E-state index in [1.807, 2.05) is 36.4 Å². The third-order valence-electron chi connectivity index (χ3n) is 3.23. The summed E-state index contributed by atoms with van der Waals surface area (Å²) in [5.41, 5.74) is 2.00. The van der Waals surface area contributed by atoms with Crippen molar-refractivity contribution in [2.75, 3.05) is 0 Å². The molecule has 2 aromatic carbocycles. The minimum absolute atomic E-state index is 0.0658. The molecule has 0 unspecified atom stereocenters. The molecule has 0 bridgehead atoms. The van der Waals surface area contributed by atoms with Gasteiger partial charge in [0.25, 0.3) is 0 Å². The Balaban J connectivity index is 1.65. The molecule has 23 heavy (non-hydrogen) atoms. The van der Waals surface area contributed by atoms with Crippen LogP contribution in [0.4, 0.5) is 0 Å². The van der Waals surface area contributed by atoms with Crippen LogP contribution in [-0.4, -0.2) is 4.98 Å². The number of pyridine rings is 1. The summed E-state index contributed by atoms with van der Waals surface area (Å²) in [6.07, 6.45) is 0. The second-order valence-corrected chi connectivity index (χ2v) is 7.17. The summed E-state index contributed by atoms with van der Waals surface area (Å²) in [6, 6.07) is 23.8. The summed E-state index contributed by atoms with van der Waals surface area (Å²) >= 11 is 3.46. The summed E-state index contributed by atoms with van der Waals surface area (Å²) in [7, 11) is 0. The Morgan fingerprint density at radius 3 is 1.57 bits per heavy atom. The molecule has 0 fully saturated rings. The van der Waals surface area contributed by atoms with Gasteiger partial charge in [-0.2, -0.15) is 0 Å². The molecule has 116 valence electrons. The van der Waals surface area contributed by atoms with Gasteiger partial charge in [0.1, 0.15) is 0 Å². The number of rotatable bonds is 6. The summed E-state index contributed by atoms with van der Waals surface area (Å²) in [6.45, 7) is 0. The molecule has 0 amide bonds. The lowest BCUT2D eigenvalue weighted by Crippen LogP contribution is -2.05. The molecule has 0 saturated carbocycles. The smallest absolute Gasteiger partial charge is 0.182 e. The summed E-state index contributed by atoms with van der Waals surface area (Å²) < 4.78 is 0. The lowest BCUT2D eigenvalue weighted by atomic mass is 10.3. The van der Waals surface area contributed by atoms with Crippen LogP contribution in [0.2, 0.25) is 0 Å². The zero-order chi connectivity index (χ0) is 15.9. The number of aromatic amines is 1. The van der Waals surface area contributed by atoms with E-state index in [2.05, 4.69) is 29.2 Å². The Morgan fingerprint density at radius 2 is 1.13 bits per heavy atom. The fraction of sp³-hybridized carbons (Fsp3) is 0.105. The molecule has 1 aromatic heterocycles. The average Bonchev–Trinajstić information content (AvgIpc) is 2.60. The van der Waals surface area contributed by atoms with Gasteiger partial charge < -0.3 is 4.98 Å². The van der Waals surface area contributed by atoms with Crippen LogP contribution >= 0.6 is 23.5 Å². The van der Waals surface area contributed by atoms with E-state index < -0.39 is 0 Å². The van der Waals surface area contributed by atoms with Crippen LogP contribution in [0.25, 0.3) is 0 Å². The normalized spacial score (nSPS) is 10.6. The van der Waals surface area contributed by atoms with Crippen molar-refractivity contribution in [3.05, 3.63) is 94.4 Å². The third kappa shape index (κ3) is 5.05. The number of hydrogen-bond donors (Lipinski definition) is 1. The first kappa shape index (κ1) is 16.0. The van der Waals surface area contributed by atoms with Crippen molar-refractivity contribution >= 4 is 23.5 Å². The van der Waals surface area contributed by atoms with E-state index in [1.54, 1.807) is 35.7 Å². The molecule has 3 rings (SSSR count). The molecular formula is C19H17NOS2. The topological polar surface area (TPSA) is 32.9 Å². The van der Waals surface area contributed by atoms with Crippen LogP contribution < -0.4 is 5.43 Å². The Bertz CT molecular complexity index is 736. The monoisotopic (exact) mass is 339 g/mol. The highest BCUT2D eigenvalue weighted by molar-refractivity contribution is 7.98. The van der Waals surface area contributed by atoms with Crippen molar-refractivity contribution < 1.29 is 0 Å². The van der Waals surface area contributed by atoms with Gasteiger partial charge in [-0.05, 0) is 24.3 Å². The van der Waals surface area contributed by atoms with E-state index in [0.29, 0.717) is 0 Å². The van der Waals surface area contributed by atoms with Crippen molar-refractivity contribution in [1.29, 1.82) is 0 Å². The second kappa shape index (κ2) is 8.09. The molecule has 3 aromatic rings. The number of aromatic nitrogens is 1. The fourth-order valence-electron chi connectivity index (χ4n) is 2.17. The number of benzene rings is 2. The van der Waals surface area contributed by atoms with Gasteiger partial charge in [0.15, 0.2) is 5.43 Å². The Morgan fingerprint density at radius 1 is 0.696 bits per heavy atom. The van der Waals surface area contributed by atoms with Crippen LogP contribution in [0.5, 0.6) is 0 Å². The first-order valence-electron chi connectivity index (χ1n) is 7.37. The van der Waals surface area contributed by atoms with Crippen molar-refractivity contribution in [2.24, 2.45) is 0 Å². The highest BCUT2D eigenvalue weighted by Crippen LogP contribution is 2.23. The van der Waals surface area contributed by atoms with E-state index in [4.69, 9.17) is 0 Å². The molecule has 0 radical (unpaired) electrons. The van der Waals surface area contributed by atoms with E-state index in [-0.39, 0.29) is 5.43 Å². The minimum atomic E-state index is 0.0658. The molecule has 0 saturated heterocycles. The lowest BCUT2D eigenvalue weighted by molar-refractivity contribution is 1.08. The minimum Gasteiger partial charge on any atom is -0.361 e. The first-order chi connectivity index (χ1) is 11.3. The van der Waals surface area contributed by atoms with Crippen molar-refractivity contribution in [3.8, 4) is 0 Å². The zero-order valence-electron chi connectivity index (χ0n) is 12.6. The predicted octanol–water partition coefficient (Wildman–Crippen LogP) is 4.96. The maximum atomic E-state index is 11.9. The van der Waals surface area contributed by atoms with Gasteiger partial charge in [-0.15, -0.1) is 23.5 Å². The summed E-state index contributed by atoms with van der Waals surface area (Å²) in [5, 5.41) is 0. The van der Waals surface area contributed by atoms with Crippen LogP contribution in [0, 0.1) is 0 Å². The van der Waals surface area contributed by atoms with Crippen LogP contribution in [0.1, 0.15) is 11.4 Å². The molecule has 1 N–H and O–H groups in total. The highest BCUT2D eigenvalue weighted by atomic mass is 32.2. The maximum absolute atomic E-state index is 11.9. The van der Waals surface area contributed by atoms with E-state index >= 15 is 0 Å². The fourth-order valence-corrected chi connectivity index (χ4v) is 3.83. The SMILES string of the molecule is O=c1cc(CSc2ccccc2)[nH]c(CSc2ccccc2)c1. The molecule has 0 aliphatic rings. The van der Waals surface area contributed by atoms with Crippen LogP contribution in [-0.2, 0) is 11.5 Å². The Kier molecular flexibility index (Phi) is 5.61. The quantitative estimate of drug-likeness (QED) is 0.644. The highest BCUT2D eigenvalue weighted by Gasteiger charge is 2.02. The van der Waals surface area contributed by atoms with Crippen molar-refractivity contribution in [2.45, 2.75) is 21.3 Å². The van der Waals surface area contributed by atoms with Gasteiger partial charge in [-0.25, -0.2) is 0 Å². The van der Waals surface area contributed by atoms with Gasteiger partial charge in [0, 0.05) is 44.8 Å². The Hall–Kier alpha value is -1.91. The van der Waals surface area contributed by atoms with Gasteiger partial charge in [0.05, 0.1) is 0 Å². The van der Waals surface area contributed by atoms with Crippen LogP contribution in [0.3, 0.4) is 0 Å². The molecule has 4 heteroatoms. The number of thioether (sulfide) groups is 2. The summed E-state index contributed by atoms with van der Waals surface area (Å²) in [5.74, 6) is 1.53. The zero-order valence-corrected chi connectivity index (χ0v) is 14.2. The van der Waals surface area contributed by atoms with Crippen LogP contribution in [0.15, 0.2) is 87.4 Å². The van der Waals surface area contributed by atoms with Gasteiger partial charge in [0.2, 0.25) is 0 Å². The molecule has 2 nitrogen and oxygen atoms in total. The number of hydrogen-bond acceptors (Lipinski definition) is 3. The predicted molar refractivity (Wildman–Crippen MR) is 99.1 cm³/mol. The molecule has 1 heterocycles. The first-order valence-corrected chi connectivity index (χ1v) is 9.34. The van der Waals surface area contributed by atoms with Gasteiger partial charge >= 0.3 is 0 Å². The van der Waals surface area contributed by atoms with Crippen molar-refractivity contribution in [1.82, 2.24) is 4.98 Å². The molecule has 0 aliphatic heterocycles. The van der Waals surface area contributed by atoms with E-state index in [9.17, 15) is 4.79 Å². The Labute approximate surface area is 144 Å². The number of H-pyrrole nitrogens is 1. The van der Waals surface area contributed by atoms with Gasteiger partial charge in [-0.3, -0.25) is 4.79 Å². The van der Waals surface area contributed by atoms with E-state index in [0.717, 1.165) is 22.9 Å². The lowest BCUT2D eigenvalue weighted by Gasteiger charge is -2.06. The van der Waals surface area contributed by atoms with Crippen molar-refractivity contribution in [3.63, 3.8) is 0 Å². The van der Waals surface area contributed by atoms with Gasteiger partial charge in [-0.1, -0.05) is 36.4 Å². The molecule has 0 aliphatic carbocycles. The molecular weight excluding hydrogens is 322 g/mol. The van der Waals surface area contributed by atoms with E-state index in [1.165, 1.54) is 9.79 Å². The largest absolute Gasteiger partial charge is 0.361 e. The third-order valence-corrected chi connectivity index (χ3v) is 5.35. The molecule has 0 spiro atoms.